The number of benzene rings is 2. The Kier molecular flexibility index (Phi) is 4.93. The molecule has 4 rings (SSSR count). The van der Waals surface area contributed by atoms with Crippen LogP contribution in [0.25, 0.3) is 17.0 Å². The van der Waals surface area contributed by atoms with Crippen molar-refractivity contribution in [2.45, 2.75) is 6.54 Å². The average molecular weight is 411 g/mol. The fourth-order valence-corrected chi connectivity index (χ4v) is 3.90. The summed E-state index contributed by atoms with van der Waals surface area (Å²) in [5.41, 5.74) is 7.76. The number of para-hydroxylation sites is 1. The van der Waals surface area contributed by atoms with E-state index >= 15 is 0 Å². The molecule has 8 heteroatoms. The van der Waals surface area contributed by atoms with Gasteiger partial charge in [0.15, 0.2) is 5.17 Å². The van der Waals surface area contributed by atoms with E-state index in [1.54, 1.807) is 34.9 Å². The molecule has 140 valence electrons. The van der Waals surface area contributed by atoms with Gasteiger partial charge < -0.3 is 15.6 Å². The van der Waals surface area contributed by atoms with Crippen molar-refractivity contribution in [3.63, 3.8) is 0 Å². The number of amides is 2. The number of hydrogen-bond acceptors (Lipinski definition) is 4. The summed E-state index contributed by atoms with van der Waals surface area (Å²) in [4.78, 5) is 28.7. The van der Waals surface area contributed by atoms with Crippen molar-refractivity contribution in [3.8, 4) is 0 Å². The van der Waals surface area contributed by atoms with E-state index in [9.17, 15) is 9.59 Å². The van der Waals surface area contributed by atoms with Gasteiger partial charge in [0.05, 0.1) is 10.6 Å². The molecular weight excluding hydrogens is 396 g/mol. The lowest BCUT2D eigenvalue weighted by molar-refractivity contribution is -0.118. The highest BCUT2D eigenvalue weighted by Gasteiger charge is 2.24. The summed E-state index contributed by atoms with van der Waals surface area (Å²) in [6.45, 7) is 0.0757. The summed E-state index contributed by atoms with van der Waals surface area (Å²) in [5, 5.41) is 4.83. The zero-order valence-electron chi connectivity index (χ0n) is 14.6. The van der Waals surface area contributed by atoms with Gasteiger partial charge in [-0.05, 0) is 48.2 Å². The van der Waals surface area contributed by atoms with Crippen LogP contribution in [0.15, 0.2) is 64.6 Å². The molecule has 28 heavy (non-hydrogen) atoms. The number of rotatable bonds is 4. The van der Waals surface area contributed by atoms with Crippen LogP contribution in [0, 0.1) is 0 Å². The van der Waals surface area contributed by atoms with E-state index < -0.39 is 5.91 Å². The Balaban J connectivity index is 1.67. The van der Waals surface area contributed by atoms with Crippen LogP contribution < -0.4 is 11.1 Å². The third kappa shape index (κ3) is 3.81. The quantitative estimate of drug-likeness (QED) is 0.643. The topological polar surface area (TPSA) is 89.5 Å². The van der Waals surface area contributed by atoms with Crippen molar-refractivity contribution in [3.05, 3.63) is 70.2 Å². The van der Waals surface area contributed by atoms with Gasteiger partial charge in [-0.3, -0.25) is 9.59 Å². The molecule has 0 radical (unpaired) electrons. The highest BCUT2D eigenvalue weighted by Crippen LogP contribution is 2.31. The number of carbonyl (C=O) groups is 2. The van der Waals surface area contributed by atoms with Crippen LogP contribution in [0.2, 0.25) is 5.02 Å². The van der Waals surface area contributed by atoms with E-state index in [1.165, 1.54) is 11.8 Å². The Morgan fingerprint density at radius 3 is 2.71 bits per heavy atom. The van der Waals surface area contributed by atoms with Crippen LogP contribution in [0.5, 0.6) is 0 Å². The monoisotopic (exact) mass is 410 g/mol. The Morgan fingerprint density at radius 2 is 1.96 bits per heavy atom. The van der Waals surface area contributed by atoms with Crippen LogP contribution in [-0.2, 0) is 16.1 Å². The second kappa shape index (κ2) is 7.53. The number of hydrogen-bond donors (Lipinski definition) is 2. The van der Waals surface area contributed by atoms with E-state index in [0.717, 1.165) is 16.5 Å². The number of aromatic nitrogens is 1. The number of fused-ring (bicyclic) bond motifs is 1. The average Bonchev–Trinajstić information content (AvgIpc) is 3.18. The SMILES string of the molecule is NC(=O)Cn1cc(C=C2SC(=Nc3ccc(Cl)cc3)NC2=O)c2ccccc21. The normalized spacial score (nSPS) is 16.8. The predicted octanol–water partition coefficient (Wildman–Crippen LogP) is 3.67. The molecule has 0 aliphatic carbocycles. The molecule has 0 bridgehead atoms. The maximum atomic E-state index is 12.4. The highest BCUT2D eigenvalue weighted by atomic mass is 35.5. The molecule has 0 saturated carbocycles. The van der Waals surface area contributed by atoms with Crippen LogP contribution in [-0.4, -0.2) is 21.5 Å². The first-order valence-corrected chi connectivity index (χ1v) is 9.60. The van der Waals surface area contributed by atoms with Crippen molar-refractivity contribution in [1.82, 2.24) is 9.88 Å². The van der Waals surface area contributed by atoms with E-state index in [1.807, 2.05) is 30.5 Å². The minimum atomic E-state index is -0.426. The molecule has 2 heterocycles. The molecule has 3 aromatic rings. The Hall–Kier alpha value is -3.03. The van der Waals surface area contributed by atoms with E-state index in [4.69, 9.17) is 17.3 Å². The molecular formula is C20H15ClN4O2S. The van der Waals surface area contributed by atoms with Gasteiger partial charge in [-0.15, -0.1) is 0 Å². The molecule has 1 aliphatic rings. The number of amidine groups is 1. The lowest BCUT2D eigenvalue weighted by Gasteiger charge is -2.00. The van der Waals surface area contributed by atoms with E-state index in [0.29, 0.717) is 20.8 Å². The molecule has 1 saturated heterocycles. The second-order valence-electron chi connectivity index (χ2n) is 6.15. The van der Waals surface area contributed by atoms with Crippen molar-refractivity contribution in [1.29, 1.82) is 0 Å². The number of nitrogens with one attached hydrogen (secondary N) is 1. The van der Waals surface area contributed by atoms with Gasteiger partial charge in [-0.25, -0.2) is 4.99 Å². The maximum Gasteiger partial charge on any atom is 0.264 e. The lowest BCUT2D eigenvalue weighted by atomic mass is 10.1. The number of nitrogens with zero attached hydrogens (tertiary/aromatic N) is 2. The molecule has 3 N–H and O–H groups in total. The van der Waals surface area contributed by atoms with Crippen LogP contribution in [0.3, 0.4) is 0 Å². The van der Waals surface area contributed by atoms with E-state index in [2.05, 4.69) is 10.3 Å². The fourth-order valence-electron chi connectivity index (χ4n) is 2.94. The zero-order chi connectivity index (χ0) is 19.7. The molecule has 0 spiro atoms. The number of primary amides is 1. The van der Waals surface area contributed by atoms with E-state index in [-0.39, 0.29) is 12.5 Å². The molecule has 1 aromatic heterocycles. The highest BCUT2D eigenvalue weighted by molar-refractivity contribution is 8.18. The first-order valence-electron chi connectivity index (χ1n) is 8.41. The summed E-state index contributed by atoms with van der Waals surface area (Å²) >= 11 is 7.14. The van der Waals surface area contributed by atoms with Gasteiger partial charge in [0.2, 0.25) is 5.91 Å². The first-order chi connectivity index (χ1) is 13.5. The number of halogens is 1. The van der Waals surface area contributed by atoms with Gasteiger partial charge in [0.25, 0.3) is 5.91 Å². The largest absolute Gasteiger partial charge is 0.368 e. The lowest BCUT2D eigenvalue weighted by Crippen LogP contribution is -2.19. The molecule has 6 nitrogen and oxygen atoms in total. The predicted molar refractivity (Wildman–Crippen MR) is 113 cm³/mol. The van der Waals surface area contributed by atoms with Gasteiger partial charge in [-0.1, -0.05) is 29.8 Å². The van der Waals surface area contributed by atoms with Crippen molar-refractivity contribution in [2.24, 2.45) is 10.7 Å². The van der Waals surface area contributed by atoms with Gasteiger partial charge >= 0.3 is 0 Å². The third-order valence-electron chi connectivity index (χ3n) is 4.14. The minimum absolute atomic E-state index is 0.0757. The zero-order valence-corrected chi connectivity index (χ0v) is 16.1. The smallest absolute Gasteiger partial charge is 0.264 e. The standard InChI is InChI=1S/C20H15ClN4O2S/c21-13-5-7-14(8-6-13)23-20-24-19(27)17(28-20)9-12-10-25(11-18(22)26)16-4-2-1-3-15(12)16/h1-10H,11H2,(H2,22,26)(H,23,24,27). The second-order valence-corrected chi connectivity index (χ2v) is 7.62. The van der Waals surface area contributed by atoms with Crippen molar-refractivity contribution >= 4 is 63.0 Å². The molecule has 1 aliphatic heterocycles. The Labute approximate surface area is 170 Å². The number of nitrogens with two attached hydrogens (primary N) is 1. The van der Waals surface area contributed by atoms with Gasteiger partial charge in [0.1, 0.15) is 6.54 Å². The van der Waals surface area contributed by atoms with Crippen LogP contribution in [0.4, 0.5) is 5.69 Å². The molecule has 0 unspecified atom stereocenters. The van der Waals surface area contributed by atoms with Crippen molar-refractivity contribution < 1.29 is 9.59 Å². The number of aliphatic imine (C=N–C) groups is 1. The van der Waals surface area contributed by atoms with Crippen LogP contribution >= 0.6 is 23.4 Å². The third-order valence-corrected chi connectivity index (χ3v) is 5.30. The molecule has 0 atom stereocenters. The molecule has 2 aromatic carbocycles. The Bertz CT molecular complexity index is 1150. The first kappa shape index (κ1) is 18.3. The summed E-state index contributed by atoms with van der Waals surface area (Å²) < 4.78 is 1.78. The van der Waals surface area contributed by atoms with Gasteiger partial charge in [-0.2, -0.15) is 0 Å². The summed E-state index contributed by atoms with van der Waals surface area (Å²) in [6.07, 6.45) is 3.62. The summed E-state index contributed by atoms with van der Waals surface area (Å²) in [5.74, 6) is -0.644. The molecule has 2 amide bonds. The fraction of sp³-hybridized carbons (Fsp3) is 0.0500. The number of carbonyl (C=O) groups excluding carboxylic acids is 2. The summed E-state index contributed by atoms with van der Waals surface area (Å²) in [6, 6.07) is 14.7. The molecule has 1 fully saturated rings. The number of thioether (sulfide) groups is 1. The van der Waals surface area contributed by atoms with Crippen LogP contribution in [0.1, 0.15) is 5.56 Å². The summed E-state index contributed by atoms with van der Waals surface area (Å²) in [7, 11) is 0. The Morgan fingerprint density at radius 1 is 1.21 bits per heavy atom. The van der Waals surface area contributed by atoms with Crippen molar-refractivity contribution in [2.75, 3.05) is 0 Å². The maximum absolute atomic E-state index is 12.4. The minimum Gasteiger partial charge on any atom is -0.368 e. The van der Waals surface area contributed by atoms with Gasteiger partial charge in [0, 0.05) is 27.7 Å².